The molecule has 0 aliphatic carbocycles. The molecule has 1 aromatic rings. The summed E-state index contributed by atoms with van der Waals surface area (Å²) in [6.45, 7) is 1.46. The summed E-state index contributed by atoms with van der Waals surface area (Å²) in [4.78, 5) is 1.26. The summed E-state index contributed by atoms with van der Waals surface area (Å²) in [6.07, 6.45) is 1.65. The third kappa shape index (κ3) is 4.00. The molecular weight excluding hydrogens is 266 g/mol. The average molecular weight is 285 g/mol. The number of thioether (sulfide) groups is 1. The topological polar surface area (TPSA) is 46.2 Å². The van der Waals surface area contributed by atoms with Crippen molar-refractivity contribution < 1.29 is 8.42 Å². The highest BCUT2D eigenvalue weighted by atomic mass is 32.2. The highest BCUT2D eigenvalue weighted by Gasteiger charge is 2.30. The first-order chi connectivity index (χ1) is 8.68. The monoisotopic (exact) mass is 285 g/mol. The number of rotatable bonds is 6. The van der Waals surface area contributed by atoms with Crippen LogP contribution in [-0.4, -0.2) is 38.3 Å². The molecule has 18 heavy (non-hydrogen) atoms. The molecule has 0 amide bonds. The van der Waals surface area contributed by atoms with Gasteiger partial charge in [0, 0.05) is 23.7 Å². The number of hydrogen-bond donors (Lipinski definition) is 1. The Morgan fingerprint density at radius 3 is 2.72 bits per heavy atom. The lowest BCUT2D eigenvalue weighted by molar-refractivity contribution is 0.578. The zero-order chi connectivity index (χ0) is 12.8. The predicted molar refractivity (Wildman–Crippen MR) is 76.8 cm³/mol. The zero-order valence-electron chi connectivity index (χ0n) is 10.3. The van der Waals surface area contributed by atoms with E-state index < -0.39 is 9.84 Å². The van der Waals surface area contributed by atoms with Gasteiger partial charge in [-0.3, -0.25) is 0 Å². The molecule has 5 heteroatoms. The van der Waals surface area contributed by atoms with Crippen LogP contribution in [0.15, 0.2) is 35.2 Å². The summed E-state index contributed by atoms with van der Waals surface area (Å²) >= 11 is 1.79. The van der Waals surface area contributed by atoms with Crippen molar-refractivity contribution in [2.24, 2.45) is 0 Å². The third-order valence-electron chi connectivity index (χ3n) is 3.13. The van der Waals surface area contributed by atoms with Gasteiger partial charge in [-0.05, 0) is 25.0 Å². The smallest absolute Gasteiger partial charge is 0.154 e. The van der Waals surface area contributed by atoms with E-state index in [-0.39, 0.29) is 5.25 Å². The molecule has 0 saturated carbocycles. The van der Waals surface area contributed by atoms with Gasteiger partial charge in [0.1, 0.15) is 0 Å². The highest BCUT2D eigenvalue weighted by molar-refractivity contribution is 7.99. The van der Waals surface area contributed by atoms with Crippen LogP contribution in [0.25, 0.3) is 0 Å². The van der Waals surface area contributed by atoms with E-state index in [1.807, 2.05) is 18.2 Å². The summed E-state index contributed by atoms with van der Waals surface area (Å²) in [5.74, 6) is 1.34. The van der Waals surface area contributed by atoms with Crippen molar-refractivity contribution in [2.45, 2.75) is 23.0 Å². The molecule has 1 aliphatic heterocycles. The molecule has 0 bridgehead atoms. The Morgan fingerprint density at radius 2 is 2.06 bits per heavy atom. The maximum absolute atomic E-state index is 11.6. The van der Waals surface area contributed by atoms with Gasteiger partial charge in [0.2, 0.25) is 0 Å². The number of hydrogen-bond acceptors (Lipinski definition) is 4. The zero-order valence-corrected chi connectivity index (χ0v) is 12.0. The third-order valence-corrected chi connectivity index (χ3v) is 6.42. The fraction of sp³-hybridized carbons (Fsp3) is 0.538. The average Bonchev–Trinajstić information content (AvgIpc) is 2.70. The van der Waals surface area contributed by atoms with Crippen molar-refractivity contribution in [3.8, 4) is 0 Å². The standard InChI is InChI=1S/C13H19NO2S2/c15-18(16)10-4-7-13(18)11-14-8-9-17-12-5-2-1-3-6-12/h1-3,5-6,13-14H,4,7-11H2. The van der Waals surface area contributed by atoms with Crippen LogP contribution in [0, 0.1) is 0 Å². The Bertz CT molecular complexity index is 459. The van der Waals surface area contributed by atoms with Gasteiger partial charge in [0.05, 0.1) is 11.0 Å². The van der Waals surface area contributed by atoms with Gasteiger partial charge in [-0.1, -0.05) is 18.2 Å². The number of benzene rings is 1. The highest BCUT2D eigenvalue weighted by Crippen LogP contribution is 2.19. The largest absolute Gasteiger partial charge is 0.315 e. The van der Waals surface area contributed by atoms with E-state index in [9.17, 15) is 8.42 Å². The van der Waals surface area contributed by atoms with E-state index in [0.717, 1.165) is 25.1 Å². The number of nitrogens with one attached hydrogen (secondary N) is 1. The Kier molecular flexibility index (Phi) is 5.09. The summed E-state index contributed by atoms with van der Waals surface area (Å²) in [5.41, 5.74) is 0. The van der Waals surface area contributed by atoms with Gasteiger partial charge in [-0.15, -0.1) is 11.8 Å². The molecule has 1 fully saturated rings. The molecule has 0 spiro atoms. The first-order valence-electron chi connectivity index (χ1n) is 6.28. The predicted octanol–water partition coefficient (Wildman–Crippen LogP) is 1.95. The van der Waals surface area contributed by atoms with Gasteiger partial charge < -0.3 is 5.32 Å². The van der Waals surface area contributed by atoms with Crippen LogP contribution in [0.1, 0.15) is 12.8 Å². The molecule has 1 atom stereocenters. The fourth-order valence-corrected chi connectivity index (χ4v) is 4.74. The van der Waals surface area contributed by atoms with Crippen molar-refractivity contribution >= 4 is 21.6 Å². The molecule has 0 radical (unpaired) electrons. The van der Waals surface area contributed by atoms with Crippen LogP contribution in [0.3, 0.4) is 0 Å². The summed E-state index contributed by atoms with van der Waals surface area (Å²) in [7, 11) is -2.80. The molecule has 1 heterocycles. The Labute approximate surface area is 113 Å². The SMILES string of the molecule is O=S1(=O)CCCC1CNCCSc1ccccc1. The van der Waals surface area contributed by atoms with E-state index in [4.69, 9.17) is 0 Å². The van der Waals surface area contributed by atoms with Crippen molar-refractivity contribution in [3.05, 3.63) is 30.3 Å². The Balaban J connectivity index is 1.62. The van der Waals surface area contributed by atoms with Crippen LogP contribution < -0.4 is 5.32 Å². The van der Waals surface area contributed by atoms with Crippen LogP contribution in [0.2, 0.25) is 0 Å². The van der Waals surface area contributed by atoms with E-state index in [2.05, 4.69) is 17.4 Å². The van der Waals surface area contributed by atoms with Crippen LogP contribution in [0.5, 0.6) is 0 Å². The van der Waals surface area contributed by atoms with Gasteiger partial charge in [0.15, 0.2) is 9.84 Å². The summed E-state index contributed by atoms with van der Waals surface area (Å²) in [6, 6.07) is 10.2. The summed E-state index contributed by atoms with van der Waals surface area (Å²) in [5, 5.41) is 3.10. The fourth-order valence-electron chi connectivity index (χ4n) is 2.11. The first kappa shape index (κ1) is 13.9. The lowest BCUT2D eigenvalue weighted by atomic mass is 10.2. The molecular formula is C13H19NO2S2. The lowest BCUT2D eigenvalue weighted by Crippen LogP contribution is -2.31. The van der Waals surface area contributed by atoms with Crippen LogP contribution in [0.4, 0.5) is 0 Å². The van der Waals surface area contributed by atoms with E-state index in [1.165, 1.54) is 4.90 Å². The molecule has 3 nitrogen and oxygen atoms in total. The minimum atomic E-state index is -2.80. The lowest BCUT2D eigenvalue weighted by Gasteiger charge is -2.10. The van der Waals surface area contributed by atoms with Gasteiger partial charge >= 0.3 is 0 Å². The normalized spacial score (nSPS) is 22.1. The van der Waals surface area contributed by atoms with Crippen molar-refractivity contribution in [1.29, 1.82) is 0 Å². The number of sulfone groups is 1. The molecule has 1 N–H and O–H groups in total. The molecule has 0 aromatic heterocycles. The summed E-state index contributed by atoms with van der Waals surface area (Å²) < 4.78 is 23.2. The molecule has 2 rings (SSSR count). The first-order valence-corrected chi connectivity index (χ1v) is 8.99. The van der Waals surface area contributed by atoms with Gasteiger partial charge in [-0.2, -0.15) is 0 Å². The maximum atomic E-state index is 11.6. The molecule has 1 aromatic carbocycles. The van der Waals surface area contributed by atoms with Crippen LogP contribution >= 0.6 is 11.8 Å². The second kappa shape index (κ2) is 6.59. The Morgan fingerprint density at radius 1 is 1.28 bits per heavy atom. The molecule has 1 aliphatic rings. The van der Waals surface area contributed by atoms with Crippen molar-refractivity contribution in [1.82, 2.24) is 5.32 Å². The molecule has 1 unspecified atom stereocenters. The molecule has 1 saturated heterocycles. The van der Waals surface area contributed by atoms with Crippen LogP contribution in [-0.2, 0) is 9.84 Å². The second-order valence-corrected chi connectivity index (χ2v) is 8.07. The van der Waals surface area contributed by atoms with E-state index in [1.54, 1.807) is 11.8 Å². The minimum Gasteiger partial charge on any atom is -0.315 e. The molecule has 100 valence electrons. The second-order valence-electron chi connectivity index (χ2n) is 4.50. The van der Waals surface area contributed by atoms with Gasteiger partial charge in [0.25, 0.3) is 0 Å². The maximum Gasteiger partial charge on any atom is 0.154 e. The van der Waals surface area contributed by atoms with E-state index >= 15 is 0 Å². The van der Waals surface area contributed by atoms with Gasteiger partial charge in [-0.25, -0.2) is 8.42 Å². The van der Waals surface area contributed by atoms with Crippen molar-refractivity contribution in [3.63, 3.8) is 0 Å². The van der Waals surface area contributed by atoms with Crippen molar-refractivity contribution in [2.75, 3.05) is 24.6 Å². The quantitative estimate of drug-likeness (QED) is 0.641. The minimum absolute atomic E-state index is 0.153. The van der Waals surface area contributed by atoms with E-state index in [0.29, 0.717) is 12.3 Å². The Hall–Kier alpha value is -0.520.